The van der Waals surface area contributed by atoms with Crippen molar-refractivity contribution >= 4 is 5.91 Å². The van der Waals surface area contributed by atoms with Crippen molar-refractivity contribution in [3.63, 3.8) is 0 Å². The highest BCUT2D eigenvalue weighted by Crippen LogP contribution is 2.18. The monoisotopic (exact) mass is 834 g/mol. The van der Waals surface area contributed by atoms with Gasteiger partial charge in [-0.05, 0) is 38.5 Å². The van der Waals surface area contributed by atoms with Crippen molar-refractivity contribution in [3.05, 3.63) is 12.2 Å². The standard InChI is InChI=1S/C54H107NO4/c1-3-5-7-9-11-13-15-17-19-21-23-24-25-26-27-28-29-30-31-33-35-37-39-41-43-45-47-51(57)49-54(59)55-52(50-56)53(58)48-46-44-42-40-38-36-34-32-22-20-18-16-14-12-10-8-6-4-2/h26-27,51-53,56-58H,3-25,28-50H2,1-2H3,(H,55,59)/b27-26-. The fraction of sp³-hybridized carbons (Fsp3) is 0.944. The number of amides is 1. The van der Waals surface area contributed by atoms with E-state index in [-0.39, 0.29) is 18.9 Å². The highest BCUT2D eigenvalue weighted by atomic mass is 16.3. The van der Waals surface area contributed by atoms with Crippen LogP contribution in [-0.4, -0.2) is 46.1 Å². The molecule has 0 saturated heterocycles. The van der Waals surface area contributed by atoms with Crippen molar-refractivity contribution in [2.75, 3.05) is 6.61 Å². The number of aliphatic hydroxyl groups excluding tert-OH is 3. The smallest absolute Gasteiger partial charge is 0.222 e. The summed E-state index contributed by atoms with van der Waals surface area (Å²) in [6.07, 6.45) is 60.7. The lowest BCUT2D eigenvalue weighted by Gasteiger charge is -2.23. The van der Waals surface area contributed by atoms with Gasteiger partial charge in [0.15, 0.2) is 0 Å². The third-order valence-corrected chi connectivity index (χ3v) is 12.8. The fourth-order valence-corrected chi connectivity index (χ4v) is 8.70. The fourth-order valence-electron chi connectivity index (χ4n) is 8.70. The lowest BCUT2D eigenvalue weighted by atomic mass is 10.0. The molecule has 3 atom stereocenters. The lowest BCUT2D eigenvalue weighted by Crippen LogP contribution is -2.46. The van der Waals surface area contributed by atoms with Gasteiger partial charge in [0.2, 0.25) is 5.91 Å². The van der Waals surface area contributed by atoms with Crippen molar-refractivity contribution in [1.82, 2.24) is 5.32 Å². The number of unbranched alkanes of at least 4 members (excludes halogenated alkanes) is 39. The minimum Gasteiger partial charge on any atom is -0.394 e. The molecule has 5 nitrogen and oxygen atoms in total. The topological polar surface area (TPSA) is 89.8 Å². The summed E-state index contributed by atoms with van der Waals surface area (Å²) in [5.41, 5.74) is 0. The predicted molar refractivity (Wildman–Crippen MR) is 259 cm³/mol. The summed E-state index contributed by atoms with van der Waals surface area (Å²) in [5.74, 6) is -0.278. The van der Waals surface area contributed by atoms with Crippen LogP contribution in [0.2, 0.25) is 0 Å². The van der Waals surface area contributed by atoms with Gasteiger partial charge in [0, 0.05) is 0 Å². The molecule has 0 aromatic carbocycles. The molecule has 3 unspecified atom stereocenters. The van der Waals surface area contributed by atoms with E-state index in [9.17, 15) is 20.1 Å². The van der Waals surface area contributed by atoms with Crippen LogP contribution < -0.4 is 5.32 Å². The van der Waals surface area contributed by atoms with E-state index in [0.29, 0.717) is 12.8 Å². The van der Waals surface area contributed by atoms with Crippen molar-refractivity contribution in [3.8, 4) is 0 Å². The van der Waals surface area contributed by atoms with Crippen LogP contribution in [0.15, 0.2) is 12.2 Å². The third-order valence-electron chi connectivity index (χ3n) is 12.8. The van der Waals surface area contributed by atoms with E-state index in [1.807, 2.05) is 0 Å². The van der Waals surface area contributed by atoms with Gasteiger partial charge in [-0.1, -0.05) is 270 Å². The zero-order valence-corrected chi connectivity index (χ0v) is 40.2. The minimum atomic E-state index is -0.747. The number of carbonyl (C=O) groups is 1. The van der Waals surface area contributed by atoms with E-state index in [1.165, 1.54) is 244 Å². The quantitative estimate of drug-likeness (QED) is 0.0363. The molecule has 0 saturated carbocycles. The van der Waals surface area contributed by atoms with Crippen molar-refractivity contribution in [1.29, 1.82) is 0 Å². The molecule has 4 N–H and O–H groups in total. The maximum absolute atomic E-state index is 12.5. The lowest BCUT2D eigenvalue weighted by molar-refractivity contribution is -0.125. The van der Waals surface area contributed by atoms with Crippen LogP contribution in [0.4, 0.5) is 0 Å². The van der Waals surface area contributed by atoms with Crippen LogP contribution in [0, 0.1) is 0 Å². The molecule has 0 aromatic heterocycles. The summed E-state index contributed by atoms with van der Waals surface area (Å²) in [7, 11) is 0. The van der Waals surface area contributed by atoms with E-state index < -0.39 is 18.2 Å². The molecule has 1 amide bonds. The molecule has 0 aliphatic carbocycles. The average molecular weight is 834 g/mol. The average Bonchev–Trinajstić information content (AvgIpc) is 3.23. The van der Waals surface area contributed by atoms with E-state index in [0.717, 1.165) is 25.7 Å². The van der Waals surface area contributed by atoms with Crippen molar-refractivity contribution in [2.24, 2.45) is 0 Å². The van der Waals surface area contributed by atoms with Gasteiger partial charge in [0.05, 0.1) is 31.3 Å². The Labute approximate surface area is 369 Å². The van der Waals surface area contributed by atoms with Crippen LogP contribution in [-0.2, 0) is 4.79 Å². The van der Waals surface area contributed by atoms with Crippen LogP contribution in [0.3, 0.4) is 0 Å². The van der Waals surface area contributed by atoms with Crippen LogP contribution in [0.5, 0.6) is 0 Å². The number of carbonyl (C=O) groups excluding carboxylic acids is 1. The molecule has 0 radical (unpaired) electrons. The first-order valence-corrected chi connectivity index (χ1v) is 27.0. The van der Waals surface area contributed by atoms with Gasteiger partial charge in [-0.25, -0.2) is 0 Å². The minimum absolute atomic E-state index is 0.0393. The summed E-state index contributed by atoms with van der Waals surface area (Å²) < 4.78 is 0. The second-order valence-corrected chi connectivity index (χ2v) is 18.8. The number of hydrogen-bond donors (Lipinski definition) is 4. The molecule has 0 aromatic rings. The maximum Gasteiger partial charge on any atom is 0.222 e. The predicted octanol–water partition coefficient (Wildman–Crippen LogP) is 16.3. The molecule has 0 rings (SSSR count). The summed E-state index contributed by atoms with van der Waals surface area (Å²) in [6, 6.07) is -0.656. The first kappa shape index (κ1) is 58.1. The molecule has 5 heteroatoms. The van der Waals surface area contributed by atoms with E-state index >= 15 is 0 Å². The number of rotatable bonds is 50. The van der Waals surface area contributed by atoms with Crippen LogP contribution >= 0.6 is 0 Å². The Morgan fingerprint density at radius 2 is 0.678 bits per heavy atom. The highest BCUT2D eigenvalue weighted by molar-refractivity contribution is 5.76. The summed E-state index contributed by atoms with van der Waals surface area (Å²) >= 11 is 0. The Balaban J connectivity index is 3.52. The zero-order valence-electron chi connectivity index (χ0n) is 40.2. The van der Waals surface area contributed by atoms with Gasteiger partial charge >= 0.3 is 0 Å². The van der Waals surface area contributed by atoms with E-state index in [1.54, 1.807) is 0 Å². The summed E-state index contributed by atoms with van der Waals surface area (Å²) in [6.45, 7) is 4.30. The molecular formula is C54H107NO4. The molecule has 0 aliphatic heterocycles. The molecule has 0 aliphatic rings. The van der Waals surface area contributed by atoms with Crippen LogP contribution in [0.1, 0.15) is 303 Å². The first-order valence-electron chi connectivity index (χ1n) is 27.0. The SMILES string of the molecule is CCCCCCCCCCCCCC/C=C\CCCCCCCCCCCCC(O)CC(=O)NC(CO)C(O)CCCCCCCCCCCCCCCCCCCC. The van der Waals surface area contributed by atoms with Gasteiger partial charge in [-0.2, -0.15) is 0 Å². The molecule has 0 spiro atoms. The normalized spacial score (nSPS) is 13.4. The molecule has 59 heavy (non-hydrogen) atoms. The number of allylic oxidation sites excluding steroid dienone is 2. The Kier molecular flexibility index (Phi) is 49.0. The highest BCUT2D eigenvalue weighted by Gasteiger charge is 2.21. The van der Waals surface area contributed by atoms with Crippen LogP contribution in [0.25, 0.3) is 0 Å². The largest absolute Gasteiger partial charge is 0.394 e. The summed E-state index contributed by atoms with van der Waals surface area (Å²) in [5, 5.41) is 33.6. The van der Waals surface area contributed by atoms with E-state index in [2.05, 4.69) is 31.3 Å². The van der Waals surface area contributed by atoms with E-state index in [4.69, 9.17) is 0 Å². The molecular weight excluding hydrogens is 727 g/mol. The Hall–Kier alpha value is -0.910. The van der Waals surface area contributed by atoms with Gasteiger partial charge < -0.3 is 20.6 Å². The summed E-state index contributed by atoms with van der Waals surface area (Å²) in [4.78, 5) is 12.5. The maximum atomic E-state index is 12.5. The molecule has 0 bridgehead atoms. The Bertz CT molecular complexity index is 833. The number of hydrogen-bond acceptors (Lipinski definition) is 4. The van der Waals surface area contributed by atoms with Gasteiger partial charge in [0.1, 0.15) is 0 Å². The second-order valence-electron chi connectivity index (χ2n) is 18.8. The first-order chi connectivity index (χ1) is 29.0. The van der Waals surface area contributed by atoms with Gasteiger partial charge in [-0.3, -0.25) is 4.79 Å². The molecule has 352 valence electrons. The van der Waals surface area contributed by atoms with Crippen molar-refractivity contribution in [2.45, 2.75) is 321 Å². The molecule has 0 heterocycles. The van der Waals surface area contributed by atoms with Crippen molar-refractivity contribution < 1.29 is 20.1 Å². The van der Waals surface area contributed by atoms with Gasteiger partial charge in [-0.15, -0.1) is 0 Å². The Morgan fingerprint density at radius 3 is 0.983 bits per heavy atom. The number of nitrogens with one attached hydrogen (secondary N) is 1. The third kappa shape index (κ3) is 46.4. The zero-order chi connectivity index (χ0) is 43.0. The Morgan fingerprint density at radius 1 is 0.407 bits per heavy atom. The molecule has 0 fully saturated rings. The number of aliphatic hydroxyl groups is 3. The second kappa shape index (κ2) is 49.7. The van der Waals surface area contributed by atoms with Gasteiger partial charge in [0.25, 0.3) is 0 Å².